The summed E-state index contributed by atoms with van der Waals surface area (Å²) in [4.78, 5) is 13.9. The number of anilines is 1. The van der Waals surface area contributed by atoms with Gasteiger partial charge >= 0.3 is 0 Å². The number of hydrogen-bond donors (Lipinski definition) is 1. The first-order valence-electron chi connectivity index (χ1n) is 6.78. The number of thiophene rings is 1. The Hall–Kier alpha value is -1.20. The van der Waals surface area contributed by atoms with Gasteiger partial charge in [0.15, 0.2) is 0 Å². The standard InChI is InChI=1S/C14H20N4S/c1-8-6-18(9(2)5-15-8)13-12-10(3)11(4)19-14(12)17-7-16-13/h7-9,15H,5-6H2,1-4H3. The number of aromatic nitrogens is 2. The van der Waals surface area contributed by atoms with Crippen molar-refractivity contribution in [3.8, 4) is 0 Å². The van der Waals surface area contributed by atoms with Crippen molar-refractivity contribution in [3.63, 3.8) is 0 Å². The molecule has 19 heavy (non-hydrogen) atoms. The van der Waals surface area contributed by atoms with E-state index in [1.165, 1.54) is 15.8 Å². The van der Waals surface area contributed by atoms with E-state index in [0.717, 1.165) is 23.7 Å². The van der Waals surface area contributed by atoms with E-state index >= 15 is 0 Å². The van der Waals surface area contributed by atoms with Crippen LogP contribution in [0.4, 0.5) is 5.82 Å². The normalized spacial score (nSPS) is 24.1. The summed E-state index contributed by atoms with van der Waals surface area (Å²) >= 11 is 1.77. The van der Waals surface area contributed by atoms with Crippen molar-refractivity contribution in [2.45, 2.75) is 39.8 Å². The van der Waals surface area contributed by atoms with Gasteiger partial charge in [-0.2, -0.15) is 0 Å². The summed E-state index contributed by atoms with van der Waals surface area (Å²) in [6, 6.07) is 0.968. The molecule has 1 aliphatic heterocycles. The van der Waals surface area contributed by atoms with Crippen LogP contribution in [-0.2, 0) is 0 Å². The number of rotatable bonds is 1. The molecule has 1 saturated heterocycles. The Morgan fingerprint density at radius 3 is 2.89 bits per heavy atom. The van der Waals surface area contributed by atoms with Crippen molar-refractivity contribution in [3.05, 3.63) is 16.8 Å². The first kappa shape index (κ1) is 12.8. The molecule has 2 aromatic rings. The van der Waals surface area contributed by atoms with Crippen molar-refractivity contribution in [2.24, 2.45) is 0 Å². The van der Waals surface area contributed by atoms with Gasteiger partial charge in [0.05, 0.1) is 5.39 Å². The van der Waals surface area contributed by atoms with Gasteiger partial charge in [-0.05, 0) is 33.3 Å². The largest absolute Gasteiger partial charge is 0.350 e. The smallest absolute Gasteiger partial charge is 0.141 e. The summed E-state index contributed by atoms with van der Waals surface area (Å²) in [7, 11) is 0. The predicted octanol–water partition coefficient (Wildman–Crippen LogP) is 2.49. The van der Waals surface area contributed by atoms with Crippen LogP contribution in [0.5, 0.6) is 0 Å². The van der Waals surface area contributed by atoms with Gasteiger partial charge in [0.2, 0.25) is 0 Å². The van der Waals surface area contributed by atoms with E-state index < -0.39 is 0 Å². The highest BCUT2D eigenvalue weighted by molar-refractivity contribution is 7.18. The molecule has 2 unspecified atom stereocenters. The molecule has 0 spiro atoms. The summed E-state index contributed by atoms with van der Waals surface area (Å²) < 4.78 is 0. The van der Waals surface area contributed by atoms with E-state index in [2.05, 4.69) is 47.9 Å². The molecule has 0 saturated carbocycles. The van der Waals surface area contributed by atoms with Gasteiger partial charge in [0.1, 0.15) is 17.0 Å². The molecule has 2 aromatic heterocycles. The Labute approximate surface area is 117 Å². The molecule has 0 bridgehead atoms. The Morgan fingerprint density at radius 1 is 1.32 bits per heavy atom. The Morgan fingerprint density at radius 2 is 2.11 bits per heavy atom. The van der Waals surface area contributed by atoms with Gasteiger partial charge < -0.3 is 10.2 Å². The highest BCUT2D eigenvalue weighted by Crippen LogP contribution is 2.35. The van der Waals surface area contributed by atoms with Gasteiger partial charge in [-0.1, -0.05) is 0 Å². The number of piperazine rings is 1. The van der Waals surface area contributed by atoms with Gasteiger partial charge in [-0.15, -0.1) is 11.3 Å². The minimum atomic E-state index is 0.467. The third-order valence-electron chi connectivity index (χ3n) is 3.98. The molecule has 5 heteroatoms. The van der Waals surface area contributed by atoms with Gasteiger partial charge in [0.25, 0.3) is 0 Å². The maximum absolute atomic E-state index is 4.58. The fourth-order valence-electron chi connectivity index (χ4n) is 2.70. The minimum Gasteiger partial charge on any atom is -0.350 e. The van der Waals surface area contributed by atoms with Crippen LogP contribution in [0.3, 0.4) is 0 Å². The van der Waals surface area contributed by atoms with Crippen LogP contribution in [0.25, 0.3) is 10.2 Å². The number of hydrogen-bond acceptors (Lipinski definition) is 5. The van der Waals surface area contributed by atoms with Crippen molar-refractivity contribution in [1.29, 1.82) is 0 Å². The number of nitrogens with one attached hydrogen (secondary N) is 1. The molecule has 0 amide bonds. The molecule has 102 valence electrons. The van der Waals surface area contributed by atoms with Crippen LogP contribution in [0.1, 0.15) is 24.3 Å². The monoisotopic (exact) mass is 276 g/mol. The Kier molecular flexibility index (Phi) is 3.19. The van der Waals surface area contributed by atoms with Crippen molar-refractivity contribution >= 4 is 27.4 Å². The third-order valence-corrected chi connectivity index (χ3v) is 5.10. The molecular weight excluding hydrogens is 256 g/mol. The molecule has 2 atom stereocenters. The van der Waals surface area contributed by atoms with Crippen LogP contribution in [0.2, 0.25) is 0 Å². The topological polar surface area (TPSA) is 41.1 Å². The fourth-order valence-corrected chi connectivity index (χ4v) is 3.69. The van der Waals surface area contributed by atoms with E-state index in [0.29, 0.717) is 12.1 Å². The molecule has 3 heterocycles. The second-order valence-corrected chi connectivity index (χ2v) is 6.67. The zero-order valence-corrected chi connectivity index (χ0v) is 12.7. The van der Waals surface area contributed by atoms with Gasteiger partial charge in [-0.3, -0.25) is 0 Å². The van der Waals surface area contributed by atoms with E-state index in [4.69, 9.17) is 0 Å². The average Bonchev–Trinajstić information content (AvgIpc) is 2.68. The van der Waals surface area contributed by atoms with Crippen LogP contribution in [0.15, 0.2) is 6.33 Å². The Balaban J connectivity index is 2.13. The number of aryl methyl sites for hydroxylation is 2. The summed E-state index contributed by atoms with van der Waals surface area (Å²) in [5, 5.41) is 4.76. The molecule has 1 aliphatic rings. The van der Waals surface area contributed by atoms with E-state index in [1.807, 2.05) is 0 Å². The third kappa shape index (κ3) is 2.11. The number of fused-ring (bicyclic) bond motifs is 1. The van der Waals surface area contributed by atoms with Gasteiger partial charge in [0, 0.05) is 30.1 Å². The lowest BCUT2D eigenvalue weighted by molar-refractivity contribution is 0.423. The summed E-state index contributed by atoms with van der Waals surface area (Å²) in [5.74, 6) is 1.10. The average molecular weight is 276 g/mol. The molecular formula is C14H20N4S. The fraction of sp³-hybridized carbons (Fsp3) is 0.571. The quantitative estimate of drug-likeness (QED) is 0.869. The summed E-state index contributed by atoms with van der Waals surface area (Å²) in [5.41, 5.74) is 1.33. The van der Waals surface area contributed by atoms with Crippen LogP contribution < -0.4 is 10.2 Å². The van der Waals surface area contributed by atoms with Crippen molar-refractivity contribution in [1.82, 2.24) is 15.3 Å². The summed E-state index contributed by atoms with van der Waals surface area (Å²) in [6.45, 7) is 10.8. The highest BCUT2D eigenvalue weighted by atomic mass is 32.1. The second-order valence-electron chi connectivity index (χ2n) is 5.47. The molecule has 0 aromatic carbocycles. The molecule has 1 fully saturated rings. The minimum absolute atomic E-state index is 0.467. The van der Waals surface area contributed by atoms with Crippen LogP contribution in [0, 0.1) is 13.8 Å². The highest BCUT2D eigenvalue weighted by Gasteiger charge is 2.26. The second kappa shape index (κ2) is 4.72. The molecule has 3 rings (SSSR count). The van der Waals surface area contributed by atoms with E-state index in [1.54, 1.807) is 17.7 Å². The SMILES string of the molecule is Cc1sc2ncnc(N3CC(C)NCC3C)c2c1C. The Bertz CT molecular complexity index is 607. The molecule has 1 N–H and O–H groups in total. The van der Waals surface area contributed by atoms with E-state index in [-0.39, 0.29) is 0 Å². The lowest BCUT2D eigenvalue weighted by Crippen LogP contribution is -2.54. The van der Waals surface area contributed by atoms with Crippen molar-refractivity contribution in [2.75, 3.05) is 18.0 Å². The first-order chi connectivity index (χ1) is 9.08. The lowest BCUT2D eigenvalue weighted by Gasteiger charge is -2.38. The molecule has 0 radical (unpaired) electrons. The molecule has 4 nitrogen and oxygen atoms in total. The predicted molar refractivity (Wildman–Crippen MR) is 81.2 cm³/mol. The van der Waals surface area contributed by atoms with Crippen LogP contribution in [-0.4, -0.2) is 35.1 Å². The zero-order valence-electron chi connectivity index (χ0n) is 11.9. The maximum Gasteiger partial charge on any atom is 0.141 e. The van der Waals surface area contributed by atoms with Crippen molar-refractivity contribution < 1.29 is 0 Å². The lowest BCUT2D eigenvalue weighted by atomic mass is 10.1. The number of nitrogens with zero attached hydrogens (tertiary/aromatic N) is 3. The van der Waals surface area contributed by atoms with Gasteiger partial charge in [-0.25, -0.2) is 9.97 Å². The van der Waals surface area contributed by atoms with Crippen LogP contribution >= 0.6 is 11.3 Å². The molecule has 0 aliphatic carbocycles. The zero-order chi connectivity index (χ0) is 13.6. The van der Waals surface area contributed by atoms with E-state index in [9.17, 15) is 0 Å². The summed E-state index contributed by atoms with van der Waals surface area (Å²) in [6.07, 6.45) is 1.70. The maximum atomic E-state index is 4.58. The first-order valence-corrected chi connectivity index (χ1v) is 7.60.